The fourth-order valence-corrected chi connectivity index (χ4v) is 3.56. The van der Waals surface area contributed by atoms with Gasteiger partial charge in [0.05, 0.1) is 11.3 Å². The standard InChI is InChI=1S/C23H22FN3O/c24-20-9-7-17(8-10-20)11-12-26-21-14-19(15-25-16-21)23(28)27-13-3-5-18-4-1-2-6-22(18)27/h1-2,4,6-10,14-16,26H,3,5,11-13H2. The number of pyridine rings is 1. The summed E-state index contributed by atoms with van der Waals surface area (Å²) < 4.78 is 13.0. The fourth-order valence-electron chi connectivity index (χ4n) is 3.56. The van der Waals surface area contributed by atoms with Gasteiger partial charge in [-0.15, -0.1) is 0 Å². The molecule has 28 heavy (non-hydrogen) atoms. The van der Waals surface area contributed by atoms with Crippen LogP contribution in [0.3, 0.4) is 0 Å². The van der Waals surface area contributed by atoms with Gasteiger partial charge in [0, 0.05) is 31.2 Å². The number of aromatic nitrogens is 1. The predicted molar refractivity (Wildman–Crippen MR) is 109 cm³/mol. The summed E-state index contributed by atoms with van der Waals surface area (Å²) in [6.45, 7) is 1.40. The van der Waals surface area contributed by atoms with Crippen LogP contribution < -0.4 is 10.2 Å². The van der Waals surface area contributed by atoms with Crippen molar-refractivity contribution in [3.8, 4) is 0 Å². The first kappa shape index (κ1) is 18.2. The lowest BCUT2D eigenvalue weighted by molar-refractivity contribution is 0.0985. The number of aryl methyl sites for hydroxylation is 1. The summed E-state index contributed by atoms with van der Waals surface area (Å²) in [5.74, 6) is -0.256. The summed E-state index contributed by atoms with van der Waals surface area (Å²) in [6, 6.07) is 16.4. The number of para-hydroxylation sites is 1. The quantitative estimate of drug-likeness (QED) is 0.716. The van der Waals surface area contributed by atoms with Crippen LogP contribution in [0.5, 0.6) is 0 Å². The van der Waals surface area contributed by atoms with E-state index in [0.29, 0.717) is 12.1 Å². The number of hydrogen-bond donors (Lipinski definition) is 1. The molecule has 1 aliphatic rings. The topological polar surface area (TPSA) is 45.2 Å². The second kappa shape index (κ2) is 8.21. The Hall–Kier alpha value is -3.21. The molecule has 4 rings (SSSR count). The van der Waals surface area contributed by atoms with Gasteiger partial charge >= 0.3 is 0 Å². The number of nitrogens with one attached hydrogen (secondary N) is 1. The highest BCUT2D eigenvalue weighted by Gasteiger charge is 2.23. The molecule has 1 aromatic heterocycles. The molecule has 0 spiro atoms. The van der Waals surface area contributed by atoms with E-state index in [2.05, 4.69) is 16.4 Å². The van der Waals surface area contributed by atoms with E-state index in [1.807, 2.05) is 29.2 Å². The zero-order chi connectivity index (χ0) is 19.3. The Kier molecular flexibility index (Phi) is 5.33. The van der Waals surface area contributed by atoms with Gasteiger partial charge in [0.25, 0.3) is 5.91 Å². The van der Waals surface area contributed by atoms with Crippen molar-refractivity contribution in [1.82, 2.24) is 4.98 Å². The lowest BCUT2D eigenvalue weighted by atomic mass is 10.0. The molecule has 0 bridgehead atoms. The summed E-state index contributed by atoms with van der Waals surface area (Å²) in [6.07, 6.45) is 6.06. The average molecular weight is 375 g/mol. The number of rotatable bonds is 5. The molecule has 1 amide bonds. The number of amides is 1. The van der Waals surface area contributed by atoms with Crippen molar-refractivity contribution in [2.75, 3.05) is 23.3 Å². The minimum atomic E-state index is -0.230. The molecule has 0 aliphatic carbocycles. The summed E-state index contributed by atoms with van der Waals surface area (Å²) in [4.78, 5) is 19.1. The molecule has 5 heteroatoms. The highest BCUT2D eigenvalue weighted by atomic mass is 19.1. The van der Waals surface area contributed by atoms with E-state index in [9.17, 15) is 9.18 Å². The monoisotopic (exact) mass is 375 g/mol. The molecule has 0 atom stereocenters. The molecule has 142 valence electrons. The Labute approximate surface area is 164 Å². The van der Waals surface area contributed by atoms with Crippen LogP contribution >= 0.6 is 0 Å². The third kappa shape index (κ3) is 4.03. The molecule has 0 saturated carbocycles. The van der Waals surface area contributed by atoms with Crippen molar-refractivity contribution < 1.29 is 9.18 Å². The van der Waals surface area contributed by atoms with Crippen LogP contribution in [0.1, 0.15) is 27.9 Å². The van der Waals surface area contributed by atoms with Crippen molar-refractivity contribution in [1.29, 1.82) is 0 Å². The number of nitrogens with zero attached hydrogens (tertiary/aromatic N) is 2. The van der Waals surface area contributed by atoms with Gasteiger partial charge in [-0.3, -0.25) is 9.78 Å². The van der Waals surface area contributed by atoms with Crippen LogP contribution in [0.4, 0.5) is 15.8 Å². The van der Waals surface area contributed by atoms with Gasteiger partial charge in [-0.05, 0) is 54.7 Å². The zero-order valence-electron chi connectivity index (χ0n) is 15.6. The number of anilines is 2. The van der Waals surface area contributed by atoms with Gasteiger partial charge in [-0.2, -0.15) is 0 Å². The molecular formula is C23H22FN3O. The number of carbonyl (C=O) groups excluding carboxylic acids is 1. The number of fused-ring (bicyclic) bond motifs is 1. The third-order valence-electron chi connectivity index (χ3n) is 5.00. The van der Waals surface area contributed by atoms with E-state index in [1.165, 1.54) is 17.7 Å². The largest absolute Gasteiger partial charge is 0.383 e. The molecule has 0 saturated heterocycles. The first-order valence-corrected chi connectivity index (χ1v) is 9.54. The van der Waals surface area contributed by atoms with Crippen LogP contribution in [0.15, 0.2) is 67.0 Å². The summed E-state index contributed by atoms with van der Waals surface area (Å²) >= 11 is 0. The maximum Gasteiger partial charge on any atom is 0.259 e. The van der Waals surface area contributed by atoms with Crippen LogP contribution in [-0.4, -0.2) is 24.0 Å². The van der Waals surface area contributed by atoms with E-state index in [4.69, 9.17) is 0 Å². The van der Waals surface area contributed by atoms with Crippen molar-refractivity contribution in [3.63, 3.8) is 0 Å². The number of hydrogen-bond acceptors (Lipinski definition) is 3. The molecule has 0 unspecified atom stereocenters. The Balaban J connectivity index is 1.43. The number of carbonyl (C=O) groups is 1. The molecule has 3 aromatic rings. The highest BCUT2D eigenvalue weighted by molar-refractivity contribution is 6.07. The molecule has 0 radical (unpaired) electrons. The molecular weight excluding hydrogens is 353 g/mol. The summed E-state index contributed by atoms with van der Waals surface area (Å²) in [5.41, 5.74) is 4.64. The molecule has 0 fully saturated rings. The smallest absolute Gasteiger partial charge is 0.259 e. The van der Waals surface area contributed by atoms with Crippen LogP contribution in [0, 0.1) is 5.82 Å². The molecule has 2 aromatic carbocycles. The lowest BCUT2D eigenvalue weighted by Gasteiger charge is -2.29. The Bertz CT molecular complexity index is 972. The van der Waals surface area contributed by atoms with E-state index in [0.717, 1.165) is 42.7 Å². The Morgan fingerprint density at radius 2 is 1.93 bits per heavy atom. The predicted octanol–water partition coefficient (Wildman–Crippen LogP) is 4.47. The van der Waals surface area contributed by atoms with Crippen LogP contribution in [0.2, 0.25) is 0 Å². The Morgan fingerprint density at radius 3 is 2.79 bits per heavy atom. The van der Waals surface area contributed by atoms with Gasteiger partial charge in [0.15, 0.2) is 0 Å². The normalized spacial score (nSPS) is 13.1. The number of benzene rings is 2. The molecule has 1 N–H and O–H groups in total. The first-order valence-electron chi connectivity index (χ1n) is 9.54. The Morgan fingerprint density at radius 1 is 1.11 bits per heavy atom. The van der Waals surface area contributed by atoms with Crippen molar-refractivity contribution in [3.05, 3.63) is 89.5 Å². The van der Waals surface area contributed by atoms with Gasteiger partial charge in [0.2, 0.25) is 0 Å². The van der Waals surface area contributed by atoms with Crippen molar-refractivity contribution in [2.45, 2.75) is 19.3 Å². The number of halogens is 1. The van der Waals surface area contributed by atoms with E-state index in [1.54, 1.807) is 24.5 Å². The van der Waals surface area contributed by atoms with Gasteiger partial charge < -0.3 is 10.2 Å². The van der Waals surface area contributed by atoms with Crippen molar-refractivity contribution >= 4 is 17.3 Å². The zero-order valence-corrected chi connectivity index (χ0v) is 15.6. The minimum Gasteiger partial charge on any atom is -0.383 e. The van der Waals surface area contributed by atoms with Crippen molar-refractivity contribution in [2.24, 2.45) is 0 Å². The SMILES string of the molecule is O=C(c1cncc(NCCc2ccc(F)cc2)c1)N1CCCc2ccccc21. The van der Waals surface area contributed by atoms with E-state index in [-0.39, 0.29) is 11.7 Å². The molecule has 4 nitrogen and oxygen atoms in total. The maximum atomic E-state index is 13.1. The van der Waals surface area contributed by atoms with Crippen LogP contribution in [-0.2, 0) is 12.8 Å². The van der Waals surface area contributed by atoms with Gasteiger partial charge in [-0.1, -0.05) is 30.3 Å². The minimum absolute atomic E-state index is 0.0261. The summed E-state index contributed by atoms with van der Waals surface area (Å²) in [7, 11) is 0. The summed E-state index contributed by atoms with van der Waals surface area (Å²) in [5, 5.41) is 3.30. The van der Waals surface area contributed by atoms with Crippen LogP contribution in [0.25, 0.3) is 0 Å². The fraction of sp³-hybridized carbons (Fsp3) is 0.217. The molecule has 2 heterocycles. The third-order valence-corrected chi connectivity index (χ3v) is 5.00. The lowest BCUT2D eigenvalue weighted by Crippen LogP contribution is -2.35. The van der Waals surface area contributed by atoms with Gasteiger partial charge in [0.1, 0.15) is 5.82 Å². The molecule has 1 aliphatic heterocycles. The van der Waals surface area contributed by atoms with E-state index < -0.39 is 0 Å². The van der Waals surface area contributed by atoms with Gasteiger partial charge in [-0.25, -0.2) is 4.39 Å². The second-order valence-electron chi connectivity index (χ2n) is 6.95. The highest BCUT2D eigenvalue weighted by Crippen LogP contribution is 2.28. The second-order valence-corrected chi connectivity index (χ2v) is 6.95. The average Bonchev–Trinajstić information content (AvgIpc) is 2.74. The maximum absolute atomic E-state index is 13.1. The first-order chi connectivity index (χ1) is 13.7. The van der Waals surface area contributed by atoms with E-state index >= 15 is 0 Å².